The third kappa shape index (κ3) is 4.44. The van der Waals surface area contributed by atoms with Gasteiger partial charge >= 0.3 is 0 Å². The number of H-pyrrole nitrogens is 1. The summed E-state index contributed by atoms with van der Waals surface area (Å²) in [6.45, 7) is 7.55. The van der Waals surface area contributed by atoms with Gasteiger partial charge in [-0.05, 0) is 99.4 Å². The maximum absolute atomic E-state index is 16.4. The molecule has 2 aliphatic rings. The fourth-order valence-electron chi connectivity index (χ4n) is 6.83. The molecule has 4 heterocycles. The van der Waals surface area contributed by atoms with Gasteiger partial charge < -0.3 is 4.90 Å². The summed E-state index contributed by atoms with van der Waals surface area (Å²) in [6.07, 6.45) is 4.72. The molecule has 0 spiro atoms. The van der Waals surface area contributed by atoms with Crippen LogP contribution in [-0.2, 0) is 0 Å². The van der Waals surface area contributed by atoms with E-state index in [0.29, 0.717) is 27.8 Å². The van der Waals surface area contributed by atoms with Crippen molar-refractivity contribution in [2.24, 2.45) is 0 Å². The zero-order chi connectivity index (χ0) is 31.0. The molecule has 44 heavy (non-hydrogen) atoms. The fourth-order valence-corrected chi connectivity index (χ4v) is 7.11. The van der Waals surface area contributed by atoms with Crippen LogP contribution in [0.4, 0.5) is 8.78 Å². The Kier molecular flexibility index (Phi) is 6.69. The standard InChI is InChI=1S/C34H30ClF2N5O2/c1-16-14-38-27(25-12-28-26(15-39-40-28)30(32(25)37)33(43)41-17(2)9-18(41)3)13-29(16)42-19(4)10-24(31(35)34(42)44)23-11-22(23)20-5-7-21(36)8-6-20/h5-8,10,12-15,17-18,22-23H,9,11H2,1-4H3,(H,39,40)/t17-,18-,22?,23+/m0/s1. The highest BCUT2D eigenvalue weighted by Crippen LogP contribution is 2.55. The molecule has 1 N–H and O–H groups in total. The summed E-state index contributed by atoms with van der Waals surface area (Å²) in [4.78, 5) is 33.6. The number of aryl methyl sites for hydroxylation is 2. The number of aromatic nitrogens is 4. The van der Waals surface area contributed by atoms with Crippen molar-refractivity contribution in [1.82, 2.24) is 24.6 Å². The van der Waals surface area contributed by atoms with E-state index in [0.717, 1.165) is 24.0 Å². The van der Waals surface area contributed by atoms with Crippen LogP contribution in [-0.4, -0.2) is 42.6 Å². The summed E-state index contributed by atoms with van der Waals surface area (Å²) >= 11 is 6.73. The summed E-state index contributed by atoms with van der Waals surface area (Å²) < 4.78 is 31.3. The minimum Gasteiger partial charge on any atom is -0.333 e. The number of likely N-dealkylation sites (tertiary alicyclic amines) is 1. The molecular formula is C34H30ClF2N5O2. The van der Waals surface area contributed by atoms with Crippen LogP contribution in [0, 0.1) is 25.5 Å². The second-order valence-electron chi connectivity index (χ2n) is 12.1. The molecule has 1 unspecified atom stereocenters. The van der Waals surface area contributed by atoms with Crippen molar-refractivity contribution in [3.05, 3.63) is 110 Å². The summed E-state index contributed by atoms with van der Waals surface area (Å²) in [5.41, 5.74) is 4.12. The Bertz CT molecular complexity index is 2030. The number of aromatic amines is 1. The summed E-state index contributed by atoms with van der Waals surface area (Å²) in [5.74, 6) is -1.14. The molecule has 0 radical (unpaired) electrons. The van der Waals surface area contributed by atoms with E-state index >= 15 is 4.39 Å². The van der Waals surface area contributed by atoms with Gasteiger partial charge in [0.05, 0.1) is 28.7 Å². The van der Waals surface area contributed by atoms with Gasteiger partial charge in [-0.3, -0.25) is 24.2 Å². The monoisotopic (exact) mass is 613 g/mol. The number of pyridine rings is 2. The van der Waals surface area contributed by atoms with Gasteiger partial charge in [0.2, 0.25) is 0 Å². The van der Waals surface area contributed by atoms with Gasteiger partial charge in [0.15, 0.2) is 0 Å². The van der Waals surface area contributed by atoms with Crippen molar-refractivity contribution >= 4 is 28.4 Å². The number of benzene rings is 2. The number of carbonyl (C=O) groups is 1. The highest BCUT2D eigenvalue weighted by Gasteiger charge is 2.42. The van der Waals surface area contributed by atoms with E-state index in [2.05, 4.69) is 15.2 Å². The number of amides is 1. The van der Waals surface area contributed by atoms with E-state index in [1.807, 2.05) is 33.8 Å². The van der Waals surface area contributed by atoms with Crippen LogP contribution >= 0.6 is 11.6 Å². The first-order valence-corrected chi connectivity index (χ1v) is 15.1. The molecule has 1 aliphatic carbocycles. The van der Waals surface area contributed by atoms with E-state index in [-0.39, 0.29) is 63.0 Å². The average molecular weight is 614 g/mol. The van der Waals surface area contributed by atoms with E-state index < -0.39 is 5.82 Å². The molecule has 1 aliphatic heterocycles. The van der Waals surface area contributed by atoms with Gasteiger partial charge in [-0.15, -0.1) is 0 Å². The third-order valence-electron chi connectivity index (χ3n) is 9.20. The van der Waals surface area contributed by atoms with Gasteiger partial charge in [-0.25, -0.2) is 8.78 Å². The molecule has 10 heteroatoms. The van der Waals surface area contributed by atoms with Crippen molar-refractivity contribution in [2.45, 2.75) is 64.5 Å². The van der Waals surface area contributed by atoms with Crippen LogP contribution in [0.3, 0.4) is 0 Å². The highest BCUT2D eigenvalue weighted by atomic mass is 35.5. The predicted molar refractivity (Wildman–Crippen MR) is 166 cm³/mol. The quantitative estimate of drug-likeness (QED) is 0.227. The van der Waals surface area contributed by atoms with E-state index in [1.54, 1.807) is 35.4 Å². The Labute approximate surface area is 257 Å². The Morgan fingerprint density at radius 2 is 1.73 bits per heavy atom. The normalized spacial score (nSPS) is 21.0. The number of carbonyl (C=O) groups excluding carboxylic acids is 1. The Hall–Kier alpha value is -4.37. The van der Waals surface area contributed by atoms with Crippen molar-refractivity contribution in [3.63, 3.8) is 0 Å². The molecule has 7 nitrogen and oxygen atoms in total. The van der Waals surface area contributed by atoms with Gasteiger partial charge in [-0.1, -0.05) is 23.7 Å². The lowest BCUT2D eigenvalue weighted by Gasteiger charge is -2.45. The number of hydrogen-bond donors (Lipinski definition) is 1. The van der Waals surface area contributed by atoms with Crippen LogP contribution in [0.1, 0.15) is 71.3 Å². The molecule has 0 bridgehead atoms. The minimum absolute atomic E-state index is 0.00999. The fraction of sp³-hybridized carbons (Fsp3) is 0.294. The smallest absolute Gasteiger partial charge is 0.274 e. The van der Waals surface area contributed by atoms with E-state index in [9.17, 15) is 14.0 Å². The molecular weight excluding hydrogens is 584 g/mol. The molecule has 3 aromatic heterocycles. The zero-order valence-electron chi connectivity index (χ0n) is 24.7. The topological polar surface area (TPSA) is 83.9 Å². The average Bonchev–Trinajstić information content (AvgIpc) is 3.64. The minimum atomic E-state index is -0.685. The van der Waals surface area contributed by atoms with Crippen molar-refractivity contribution in [1.29, 1.82) is 0 Å². The third-order valence-corrected chi connectivity index (χ3v) is 9.58. The SMILES string of the molecule is Cc1cnc(-c2cc3[nH]ncc3c(C(=O)N3[C@@H](C)C[C@@H]3C)c2F)cc1-n1c(C)cc([C@@H]2CC2c2ccc(F)cc2)c(Cl)c1=O. The Morgan fingerprint density at radius 3 is 2.43 bits per heavy atom. The van der Waals surface area contributed by atoms with Crippen LogP contribution in [0.25, 0.3) is 27.8 Å². The number of nitrogens with one attached hydrogen (secondary N) is 1. The first-order valence-electron chi connectivity index (χ1n) is 14.7. The molecule has 7 rings (SSSR count). The van der Waals surface area contributed by atoms with Gasteiger partial charge in [0.1, 0.15) is 16.7 Å². The van der Waals surface area contributed by atoms with Gasteiger partial charge in [0, 0.05) is 34.9 Å². The lowest BCUT2D eigenvalue weighted by atomic mass is 9.92. The first kappa shape index (κ1) is 28.4. The molecule has 4 atom stereocenters. The molecule has 2 fully saturated rings. The molecule has 1 amide bonds. The molecule has 224 valence electrons. The number of nitrogens with zero attached hydrogens (tertiary/aromatic N) is 4. The molecule has 5 aromatic rings. The summed E-state index contributed by atoms with van der Waals surface area (Å²) in [5, 5.41) is 7.47. The van der Waals surface area contributed by atoms with Gasteiger partial charge in [-0.2, -0.15) is 5.10 Å². The Morgan fingerprint density at radius 1 is 1.00 bits per heavy atom. The van der Waals surface area contributed by atoms with Gasteiger partial charge in [0.25, 0.3) is 11.5 Å². The maximum atomic E-state index is 16.4. The Balaban J connectivity index is 1.30. The number of hydrogen-bond acceptors (Lipinski definition) is 4. The highest BCUT2D eigenvalue weighted by molar-refractivity contribution is 6.31. The van der Waals surface area contributed by atoms with Crippen LogP contribution in [0.5, 0.6) is 0 Å². The lowest BCUT2D eigenvalue weighted by Crippen LogP contribution is -2.55. The van der Waals surface area contributed by atoms with Crippen molar-refractivity contribution in [3.8, 4) is 16.9 Å². The summed E-state index contributed by atoms with van der Waals surface area (Å²) in [7, 11) is 0. The molecule has 2 aromatic carbocycles. The van der Waals surface area contributed by atoms with Crippen molar-refractivity contribution in [2.75, 3.05) is 0 Å². The number of rotatable bonds is 5. The van der Waals surface area contributed by atoms with Crippen LogP contribution in [0.15, 0.2) is 59.7 Å². The predicted octanol–water partition coefficient (Wildman–Crippen LogP) is 7.22. The largest absolute Gasteiger partial charge is 0.333 e. The van der Waals surface area contributed by atoms with Crippen molar-refractivity contribution < 1.29 is 13.6 Å². The van der Waals surface area contributed by atoms with E-state index in [1.165, 1.54) is 22.9 Å². The molecule has 1 saturated heterocycles. The lowest BCUT2D eigenvalue weighted by molar-refractivity contribution is 0.0264. The molecule has 1 saturated carbocycles. The number of fused-ring (bicyclic) bond motifs is 1. The first-order chi connectivity index (χ1) is 21.0. The maximum Gasteiger partial charge on any atom is 0.274 e. The second-order valence-corrected chi connectivity index (χ2v) is 12.5. The van der Waals surface area contributed by atoms with Crippen LogP contribution in [0.2, 0.25) is 5.02 Å². The summed E-state index contributed by atoms with van der Waals surface area (Å²) in [6, 6.07) is 11.6. The van der Waals surface area contributed by atoms with Crippen LogP contribution < -0.4 is 5.56 Å². The zero-order valence-corrected chi connectivity index (χ0v) is 25.4. The van der Waals surface area contributed by atoms with E-state index in [4.69, 9.17) is 11.6 Å². The number of halogens is 3. The second kappa shape index (κ2) is 10.4.